The first-order valence-electron chi connectivity index (χ1n) is 5.03. The molecule has 0 amide bonds. The third kappa shape index (κ3) is 4.73. The first-order valence-corrected chi connectivity index (χ1v) is 5.03. The van der Waals surface area contributed by atoms with Crippen molar-refractivity contribution >= 4 is 0 Å². The predicted octanol–water partition coefficient (Wildman–Crippen LogP) is 2.19. The lowest BCUT2D eigenvalue weighted by atomic mass is 10.0. The summed E-state index contributed by atoms with van der Waals surface area (Å²) in [5, 5.41) is 3.32. The molecule has 2 nitrogen and oxygen atoms in total. The quantitative estimate of drug-likeness (QED) is 0.637. The molecule has 12 heavy (non-hydrogen) atoms. The van der Waals surface area contributed by atoms with E-state index >= 15 is 0 Å². The zero-order chi connectivity index (χ0) is 9.45. The summed E-state index contributed by atoms with van der Waals surface area (Å²) in [5.74, 6) is 0. The highest BCUT2D eigenvalue weighted by molar-refractivity contribution is 4.75. The van der Waals surface area contributed by atoms with Gasteiger partial charge in [0.2, 0.25) is 0 Å². The summed E-state index contributed by atoms with van der Waals surface area (Å²) < 4.78 is 5.77. The van der Waals surface area contributed by atoms with E-state index in [4.69, 9.17) is 4.74 Å². The fourth-order valence-electron chi connectivity index (χ4n) is 1.02. The summed E-state index contributed by atoms with van der Waals surface area (Å²) in [6.07, 6.45) is 2.17. The SMILES string of the molecule is CCCOC(C)(CC)CNCC. The van der Waals surface area contributed by atoms with Gasteiger partial charge in [-0.15, -0.1) is 0 Å². The van der Waals surface area contributed by atoms with Gasteiger partial charge in [-0.1, -0.05) is 20.8 Å². The minimum atomic E-state index is 0.0337. The Morgan fingerprint density at radius 2 is 1.92 bits per heavy atom. The second kappa shape index (κ2) is 6.44. The van der Waals surface area contributed by atoms with Crippen LogP contribution in [0.5, 0.6) is 0 Å². The second-order valence-corrected chi connectivity index (χ2v) is 3.43. The van der Waals surface area contributed by atoms with E-state index in [-0.39, 0.29) is 5.60 Å². The Bertz CT molecular complexity index is 96.0. The van der Waals surface area contributed by atoms with Crippen LogP contribution in [0, 0.1) is 0 Å². The normalized spacial score (nSPS) is 16.0. The Balaban J connectivity index is 3.70. The van der Waals surface area contributed by atoms with Crippen LogP contribution >= 0.6 is 0 Å². The molecular weight excluding hydrogens is 150 g/mol. The fraction of sp³-hybridized carbons (Fsp3) is 1.00. The van der Waals surface area contributed by atoms with Crippen molar-refractivity contribution in [2.24, 2.45) is 0 Å². The van der Waals surface area contributed by atoms with Crippen LogP contribution in [0.1, 0.15) is 40.5 Å². The van der Waals surface area contributed by atoms with Gasteiger partial charge in [-0.05, 0) is 26.3 Å². The van der Waals surface area contributed by atoms with Crippen molar-refractivity contribution in [1.29, 1.82) is 0 Å². The number of hydrogen-bond acceptors (Lipinski definition) is 2. The maximum atomic E-state index is 5.77. The average Bonchev–Trinajstić information content (AvgIpc) is 2.11. The third-order valence-electron chi connectivity index (χ3n) is 2.15. The smallest absolute Gasteiger partial charge is 0.0775 e. The highest BCUT2D eigenvalue weighted by Crippen LogP contribution is 2.13. The van der Waals surface area contributed by atoms with Gasteiger partial charge in [0.1, 0.15) is 0 Å². The van der Waals surface area contributed by atoms with Crippen LogP contribution in [0.25, 0.3) is 0 Å². The van der Waals surface area contributed by atoms with Gasteiger partial charge in [-0.2, -0.15) is 0 Å². The largest absolute Gasteiger partial charge is 0.374 e. The lowest BCUT2D eigenvalue weighted by molar-refractivity contribution is -0.0324. The van der Waals surface area contributed by atoms with E-state index in [0.29, 0.717) is 0 Å². The molecule has 0 bridgehead atoms. The Morgan fingerprint density at radius 1 is 1.25 bits per heavy atom. The standard InChI is InChI=1S/C10H23NO/c1-5-8-12-10(4,6-2)9-11-7-3/h11H,5-9H2,1-4H3. The van der Waals surface area contributed by atoms with Crippen molar-refractivity contribution in [3.8, 4) is 0 Å². The highest BCUT2D eigenvalue weighted by Gasteiger charge is 2.21. The number of nitrogens with one attached hydrogen (secondary N) is 1. The minimum absolute atomic E-state index is 0.0337. The van der Waals surface area contributed by atoms with Gasteiger partial charge in [0, 0.05) is 13.2 Å². The topological polar surface area (TPSA) is 21.3 Å². The maximum Gasteiger partial charge on any atom is 0.0775 e. The van der Waals surface area contributed by atoms with Crippen LogP contribution < -0.4 is 5.32 Å². The minimum Gasteiger partial charge on any atom is -0.374 e. The van der Waals surface area contributed by atoms with Gasteiger partial charge < -0.3 is 10.1 Å². The summed E-state index contributed by atoms with van der Waals surface area (Å²) >= 11 is 0. The van der Waals surface area contributed by atoms with Crippen molar-refractivity contribution in [2.75, 3.05) is 19.7 Å². The van der Waals surface area contributed by atoms with Crippen LogP contribution in [-0.4, -0.2) is 25.3 Å². The van der Waals surface area contributed by atoms with E-state index in [1.165, 1.54) is 0 Å². The molecule has 0 aromatic carbocycles. The van der Waals surface area contributed by atoms with E-state index < -0.39 is 0 Å². The maximum absolute atomic E-state index is 5.77. The Morgan fingerprint density at radius 3 is 2.33 bits per heavy atom. The van der Waals surface area contributed by atoms with Gasteiger partial charge in [0.25, 0.3) is 0 Å². The molecule has 0 saturated heterocycles. The number of likely N-dealkylation sites (N-methyl/N-ethyl adjacent to an activating group) is 1. The summed E-state index contributed by atoms with van der Waals surface area (Å²) in [6.45, 7) is 11.5. The Labute approximate surface area is 76.7 Å². The van der Waals surface area contributed by atoms with Gasteiger partial charge in [-0.25, -0.2) is 0 Å². The monoisotopic (exact) mass is 173 g/mol. The van der Waals surface area contributed by atoms with Gasteiger partial charge in [0.15, 0.2) is 0 Å². The molecule has 1 N–H and O–H groups in total. The van der Waals surface area contributed by atoms with Gasteiger partial charge >= 0.3 is 0 Å². The molecule has 0 spiro atoms. The zero-order valence-corrected chi connectivity index (χ0v) is 8.94. The number of hydrogen-bond donors (Lipinski definition) is 1. The van der Waals surface area contributed by atoms with Gasteiger partial charge in [0.05, 0.1) is 5.60 Å². The fourth-order valence-corrected chi connectivity index (χ4v) is 1.02. The molecule has 0 radical (unpaired) electrons. The van der Waals surface area contributed by atoms with Crippen LogP contribution in [0.15, 0.2) is 0 Å². The van der Waals surface area contributed by atoms with E-state index in [2.05, 4.69) is 33.0 Å². The lowest BCUT2D eigenvalue weighted by Crippen LogP contribution is -2.40. The molecule has 0 aliphatic heterocycles. The average molecular weight is 173 g/mol. The highest BCUT2D eigenvalue weighted by atomic mass is 16.5. The van der Waals surface area contributed by atoms with E-state index in [1.807, 2.05) is 0 Å². The van der Waals surface area contributed by atoms with Crippen molar-refractivity contribution in [1.82, 2.24) is 5.32 Å². The molecule has 1 unspecified atom stereocenters. The molecule has 0 saturated carbocycles. The first kappa shape index (κ1) is 11.9. The zero-order valence-electron chi connectivity index (χ0n) is 8.94. The molecule has 0 heterocycles. The van der Waals surface area contributed by atoms with E-state index in [0.717, 1.165) is 32.5 Å². The molecule has 74 valence electrons. The van der Waals surface area contributed by atoms with Crippen molar-refractivity contribution in [3.05, 3.63) is 0 Å². The molecule has 0 aromatic rings. The third-order valence-corrected chi connectivity index (χ3v) is 2.15. The van der Waals surface area contributed by atoms with Crippen LogP contribution in [-0.2, 0) is 4.74 Å². The first-order chi connectivity index (χ1) is 5.68. The molecule has 1 atom stereocenters. The van der Waals surface area contributed by atoms with Crippen LogP contribution in [0.4, 0.5) is 0 Å². The van der Waals surface area contributed by atoms with Crippen molar-refractivity contribution in [3.63, 3.8) is 0 Å². The molecule has 2 heteroatoms. The van der Waals surface area contributed by atoms with Crippen LogP contribution in [0.2, 0.25) is 0 Å². The molecule has 0 fully saturated rings. The van der Waals surface area contributed by atoms with Crippen LogP contribution in [0.3, 0.4) is 0 Å². The summed E-state index contributed by atoms with van der Waals surface area (Å²) in [7, 11) is 0. The molecule has 0 aliphatic carbocycles. The lowest BCUT2D eigenvalue weighted by Gasteiger charge is -2.28. The molecule has 0 aromatic heterocycles. The Hall–Kier alpha value is -0.0800. The van der Waals surface area contributed by atoms with E-state index in [1.54, 1.807) is 0 Å². The summed E-state index contributed by atoms with van der Waals surface area (Å²) in [6, 6.07) is 0. The summed E-state index contributed by atoms with van der Waals surface area (Å²) in [5.41, 5.74) is 0.0337. The van der Waals surface area contributed by atoms with E-state index in [9.17, 15) is 0 Å². The predicted molar refractivity (Wildman–Crippen MR) is 53.5 cm³/mol. The molecule has 0 aliphatic rings. The van der Waals surface area contributed by atoms with Gasteiger partial charge in [-0.3, -0.25) is 0 Å². The second-order valence-electron chi connectivity index (χ2n) is 3.43. The number of ether oxygens (including phenoxy) is 1. The Kier molecular flexibility index (Phi) is 6.39. The number of rotatable bonds is 7. The van der Waals surface area contributed by atoms with Crippen molar-refractivity contribution in [2.45, 2.75) is 46.1 Å². The van der Waals surface area contributed by atoms with Crippen molar-refractivity contribution < 1.29 is 4.74 Å². The summed E-state index contributed by atoms with van der Waals surface area (Å²) in [4.78, 5) is 0. The molecular formula is C10H23NO. The molecule has 0 rings (SSSR count).